The first-order chi connectivity index (χ1) is 6.74. The number of hydrogen-bond acceptors (Lipinski definition) is 4. The third kappa shape index (κ3) is 1.40. The van der Waals surface area contributed by atoms with Crippen molar-refractivity contribution in [2.45, 2.75) is 6.92 Å². The maximum absolute atomic E-state index is 7.03. The molecule has 0 atom stereocenters. The zero-order chi connectivity index (χ0) is 10.1. The van der Waals surface area contributed by atoms with E-state index in [-0.39, 0.29) is 0 Å². The fraction of sp³-hybridized carbons (Fsp3) is 0.143. The van der Waals surface area contributed by atoms with Gasteiger partial charge in [-0.05, 0) is 12.1 Å². The highest BCUT2D eigenvalue weighted by molar-refractivity contribution is 14.1. The molecule has 14 heavy (non-hydrogen) atoms. The molecular weight excluding hydrogens is 313 g/mol. The van der Waals surface area contributed by atoms with Gasteiger partial charge in [0.1, 0.15) is 0 Å². The van der Waals surface area contributed by atoms with Crippen molar-refractivity contribution in [3.05, 3.63) is 19.9 Å². The van der Waals surface area contributed by atoms with Gasteiger partial charge in [0.05, 0.1) is 11.4 Å². The first-order valence-corrected chi connectivity index (χ1v) is 5.53. The van der Waals surface area contributed by atoms with Gasteiger partial charge in [0.2, 0.25) is 11.5 Å². The van der Waals surface area contributed by atoms with Gasteiger partial charge in [-0.3, -0.25) is 0 Å². The molecule has 2 rings (SSSR count). The fourth-order valence-electron chi connectivity index (χ4n) is 1.04. The molecule has 0 aliphatic rings. The van der Waals surface area contributed by atoms with Crippen LogP contribution in [0.2, 0.25) is 0 Å². The summed E-state index contributed by atoms with van der Waals surface area (Å²) < 4.78 is 0.904. The lowest BCUT2D eigenvalue weighted by molar-refractivity contribution is 0.881. The molecule has 0 spiro atoms. The third-order valence-electron chi connectivity index (χ3n) is 1.66. The van der Waals surface area contributed by atoms with Crippen LogP contribution in [-0.2, 0) is 0 Å². The number of tetrazole rings is 1. The van der Waals surface area contributed by atoms with Crippen molar-refractivity contribution in [1.29, 1.82) is 0 Å². The predicted molar refractivity (Wildman–Crippen MR) is 61.2 cm³/mol. The fourth-order valence-corrected chi connectivity index (χ4v) is 3.23. The molecule has 0 bridgehead atoms. The van der Waals surface area contributed by atoms with Crippen LogP contribution < -0.4 is 0 Å². The summed E-state index contributed by atoms with van der Waals surface area (Å²) in [5.41, 5.74) is 0.690. The molecule has 2 aromatic heterocycles. The van der Waals surface area contributed by atoms with Crippen molar-refractivity contribution in [2.24, 2.45) is 0 Å². The number of halogens is 1. The van der Waals surface area contributed by atoms with Crippen LogP contribution in [0.25, 0.3) is 15.5 Å². The summed E-state index contributed by atoms with van der Waals surface area (Å²) in [7, 11) is 0. The second kappa shape index (κ2) is 3.62. The molecule has 0 saturated heterocycles. The maximum atomic E-state index is 7.03. The van der Waals surface area contributed by atoms with Gasteiger partial charge in [-0.15, -0.1) is 21.5 Å². The largest absolute Gasteiger partial charge is 0.236 e. The number of hydrogen-bond donors (Lipinski definition) is 1. The van der Waals surface area contributed by atoms with Crippen molar-refractivity contribution < 1.29 is 0 Å². The maximum Gasteiger partial charge on any atom is 0.214 e. The van der Waals surface area contributed by atoms with Crippen LogP contribution in [0.15, 0.2) is 0 Å². The third-order valence-corrected chi connectivity index (χ3v) is 4.16. The van der Waals surface area contributed by atoms with Crippen LogP contribution in [0.5, 0.6) is 0 Å². The molecule has 2 aromatic rings. The number of aromatic nitrogens is 4. The molecule has 0 saturated carbocycles. The number of nitrogens with one attached hydrogen (secondary N) is 1. The second-order valence-corrected chi connectivity index (χ2v) is 4.80. The van der Waals surface area contributed by atoms with Crippen molar-refractivity contribution in [3.63, 3.8) is 0 Å². The molecule has 5 nitrogen and oxygen atoms in total. The van der Waals surface area contributed by atoms with E-state index in [0.717, 1.165) is 13.3 Å². The van der Waals surface area contributed by atoms with Gasteiger partial charge in [-0.25, -0.2) is 4.85 Å². The summed E-state index contributed by atoms with van der Waals surface area (Å²) in [6, 6.07) is 0. The van der Waals surface area contributed by atoms with Crippen molar-refractivity contribution in [2.75, 3.05) is 0 Å². The molecule has 0 amide bonds. The van der Waals surface area contributed by atoms with Gasteiger partial charge in [0, 0.05) is 8.45 Å². The van der Waals surface area contributed by atoms with Crippen LogP contribution in [0, 0.1) is 17.1 Å². The van der Waals surface area contributed by atoms with Gasteiger partial charge in [0.25, 0.3) is 0 Å². The Bertz CT molecular complexity index is 495. The first kappa shape index (κ1) is 9.54. The Morgan fingerprint density at radius 3 is 2.86 bits per heavy atom. The average Bonchev–Trinajstić information content (AvgIpc) is 2.74. The van der Waals surface area contributed by atoms with E-state index in [4.69, 9.17) is 6.57 Å². The predicted octanol–water partition coefficient (Wildman–Crippen LogP) is 2.39. The topological polar surface area (TPSA) is 58.8 Å². The zero-order valence-corrected chi connectivity index (χ0v) is 10.0. The lowest BCUT2D eigenvalue weighted by Crippen LogP contribution is -1.78. The van der Waals surface area contributed by atoms with Gasteiger partial charge >= 0.3 is 0 Å². The van der Waals surface area contributed by atoms with Crippen LogP contribution in [0.3, 0.4) is 0 Å². The molecule has 1 N–H and O–H groups in total. The number of aromatic amines is 1. The monoisotopic (exact) mass is 317 g/mol. The highest BCUT2D eigenvalue weighted by atomic mass is 127. The van der Waals surface area contributed by atoms with E-state index < -0.39 is 0 Å². The Morgan fingerprint density at radius 2 is 2.36 bits per heavy atom. The molecule has 0 aromatic carbocycles. The minimum absolute atomic E-state index is 0.553. The molecular formula is C7H4IN5S. The number of aryl methyl sites for hydroxylation is 1. The normalized spacial score (nSPS) is 10.1. The minimum atomic E-state index is 0.553. The van der Waals surface area contributed by atoms with Crippen LogP contribution >= 0.6 is 33.9 Å². The smallest absolute Gasteiger partial charge is 0.214 e. The van der Waals surface area contributed by atoms with Crippen molar-refractivity contribution in [3.8, 4) is 10.7 Å². The SMILES string of the molecule is [C-]#[N+]c1c(C)sc(-c2nn[nH]n2)c1I. The second-order valence-electron chi connectivity index (χ2n) is 2.50. The molecule has 0 radical (unpaired) electrons. The van der Waals surface area contributed by atoms with E-state index in [2.05, 4.69) is 48.1 Å². The Balaban J connectivity index is 2.63. The number of H-pyrrole nitrogens is 1. The molecule has 2 heterocycles. The van der Waals surface area contributed by atoms with E-state index in [1.807, 2.05) is 6.92 Å². The summed E-state index contributed by atoms with van der Waals surface area (Å²) in [6.45, 7) is 8.95. The minimum Gasteiger partial charge on any atom is -0.236 e. The summed E-state index contributed by atoms with van der Waals surface area (Å²) >= 11 is 3.65. The number of thiophene rings is 1. The molecule has 7 heteroatoms. The average molecular weight is 317 g/mol. The van der Waals surface area contributed by atoms with Crippen LogP contribution in [-0.4, -0.2) is 20.6 Å². The lowest BCUT2D eigenvalue weighted by Gasteiger charge is -1.88. The molecule has 0 fully saturated rings. The van der Waals surface area contributed by atoms with Crippen LogP contribution in [0.1, 0.15) is 4.88 Å². The standard InChI is InChI=1S/C7H4IN5S/c1-3-5(9-2)4(8)6(14-3)7-10-12-13-11-7/h1H3,(H,10,11,12,13). The molecule has 0 unspecified atom stereocenters. The quantitative estimate of drug-likeness (QED) is 0.649. The molecule has 70 valence electrons. The highest BCUT2D eigenvalue weighted by Gasteiger charge is 2.17. The Kier molecular flexibility index (Phi) is 2.47. The van der Waals surface area contributed by atoms with E-state index in [1.165, 1.54) is 11.3 Å². The summed E-state index contributed by atoms with van der Waals surface area (Å²) in [5.74, 6) is 0.553. The number of nitrogens with zero attached hydrogens (tertiary/aromatic N) is 4. The van der Waals surface area contributed by atoms with Crippen molar-refractivity contribution in [1.82, 2.24) is 20.6 Å². The lowest BCUT2D eigenvalue weighted by atomic mass is 10.4. The first-order valence-electron chi connectivity index (χ1n) is 3.64. The molecule has 0 aliphatic heterocycles. The van der Waals surface area contributed by atoms with Gasteiger partial charge in [-0.1, -0.05) is 22.6 Å². The number of rotatable bonds is 1. The van der Waals surface area contributed by atoms with E-state index >= 15 is 0 Å². The van der Waals surface area contributed by atoms with E-state index in [1.54, 1.807) is 0 Å². The van der Waals surface area contributed by atoms with Crippen molar-refractivity contribution >= 4 is 39.6 Å². The van der Waals surface area contributed by atoms with E-state index in [0.29, 0.717) is 11.5 Å². The van der Waals surface area contributed by atoms with E-state index in [9.17, 15) is 0 Å². The Morgan fingerprint density at radius 1 is 1.57 bits per heavy atom. The van der Waals surface area contributed by atoms with Gasteiger partial charge in [-0.2, -0.15) is 5.21 Å². The molecule has 0 aliphatic carbocycles. The van der Waals surface area contributed by atoms with Gasteiger partial charge in [0.15, 0.2) is 0 Å². The zero-order valence-electron chi connectivity index (χ0n) is 7.08. The summed E-state index contributed by atoms with van der Waals surface area (Å²) in [4.78, 5) is 5.36. The van der Waals surface area contributed by atoms with Gasteiger partial charge < -0.3 is 0 Å². The highest BCUT2D eigenvalue weighted by Crippen LogP contribution is 2.40. The summed E-state index contributed by atoms with van der Waals surface area (Å²) in [6.07, 6.45) is 0. The van der Waals surface area contributed by atoms with Crippen LogP contribution in [0.4, 0.5) is 5.69 Å². The Hall–Kier alpha value is -1.01. The summed E-state index contributed by atoms with van der Waals surface area (Å²) in [5, 5.41) is 13.7. The Labute approximate surface area is 97.5 Å².